The summed E-state index contributed by atoms with van der Waals surface area (Å²) in [5.41, 5.74) is 0.178. The molecule has 4 fully saturated rings. The van der Waals surface area contributed by atoms with E-state index < -0.39 is 5.97 Å². The number of carboxylic acid groups (broad SMARTS) is 1. The van der Waals surface area contributed by atoms with Gasteiger partial charge in [-0.1, -0.05) is 0 Å². The summed E-state index contributed by atoms with van der Waals surface area (Å²) in [7, 11) is 1.63. The summed E-state index contributed by atoms with van der Waals surface area (Å²) >= 11 is 0. The van der Waals surface area contributed by atoms with Gasteiger partial charge in [0.05, 0.1) is 0 Å². The highest BCUT2D eigenvalue weighted by atomic mass is 16.4. The number of carbonyl (C=O) groups is 2. The van der Waals surface area contributed by atoms with Crippen LogP contribution in [0.5, 0.6) is 0 Å². The Hall–Kier alpha value is -1.85. The van der Waals surface area contributed by atoms with Gasteiger partial charge in [0, 0.05) is 19.3 Å². The Bertz CT molecular complexity index is 658. The molecule has 0 aromatic carbocycles. The maximum atomic E-state index is 12.6. The molecule has 4 aliphatic rings. The molecule has 6 heteroatoms. The molecule has 0 radical (unpaired) electrons. The summed E-state index contributed by atoms with van der Waals surface area (Å²) in [6.45, 7) is 2.09. The molecule has 24 heavy (non-hydrogen) atoms. The number of hydrogen-bond acceptors (Lipinski definition) is 3. The van der Waals surface area contributed by atoms with Crippen LogP contribution in [0.1, 0.15) is 66.3 Å². The van der Waals surface area contributed by atoms with Gasteiger partial charge in [0.2, 0.25) is 0 Å². The third kappa shape index (κ3) is 2.43. The van der Waals surface area contributed by atoms with Crippen LogP contribution in [-0.2, 0) is 7.05 Å². The molecule has 0 spiro atoms. The van der Waals surface area contributed by atoms with Crippen molar-refractivity contribution in [1.82, 2.24) is 15.1 Å². The van der Waals surface area contributed by atoms with Crippen molar-refractivity contribution >= 4 is 11.9 Å². The van der Waals surface area contributed by atoms with Crippen LogP contribution in [0.15, 0.2) is 6.20 Å². The largest absolute Gasteiger partial charge is 0.478 e. The highest BCUT2D eigenvalue weighted by molar-refractivity contribution is 6.03. The number of carboxylic acids is 1. The first kappa shape index (κ1) is 15.7. The summed E-state index contributed by atoms with van der Waals surface area (Å²) in [5, 5.41) is 16.4. The molecule has 0 unspecified atom stereocenters. The third-order valence-corrected chi connectivity index (χ3v) is 6.63. The molecule has 5 rings (SSSR count). The highest BCUT2D eigenvalue weighted by Gasteiger charge is 2.53. The lowest BCUT2D eigenvalue weighted by Crippen LogP contribution is -2.55. The van der Waals surface area contributed by atoms with Crippen LogP contribution in [0, 0.1) is 23.2 Å². The van der Waals surface area contributed by atoms with E-state index in [0.29, 0.717) is 0 Å². The molecule has 1 atom stereocenters. The molecule has 4 aliphatic carbocycles. The van der Waals surface area contributed by atoms with Gasteiger partial charge in [0.15, 0.2) is 5.69 Å². The van der Waals surface area contributed by atoms with Gasteiger partial charge in [0.1, 0.15) is 5.56 Å². The topological polar surface area (TPSA) is 84.2 Å². The normalized spacial score (nSPS) is 35.0. The molecule has 4 bridgehead atoms. The molecule has 0 saturated heterocycles. The van der Waals surface area contributed by atoms with Crippen molar-refractivity contribution in [1.29, 1.82) is 0 Å². The number of aromatic carboxylic acids is 1. The zero-order chi connectivity index (χ0) is 17.1. The van der Waals surface area contributed by atoms with Crippen LogP contribution in [0.2, 0.25) is 0 Å². The van der Waals surface area contributed by atoms with Gasteiger partial charge in [0.25, 0.3) is 5.91 Å². The first-order chi connectivity index (χ1) is 11.4. The number of nitrogens with one attached hydrogen (secondary N) is 1. The van der Waals surface area contributed by atoms with Gasteiger partial charge in [-0.2, -0.15) is 5.10 Å². The lowest BCUT2D eigenvalue weighted by Gasteiger charge is -2.59. The molecule has 1 aromatic heterocycles. The number of amides is 1. The Morgan fingerprint density at radius 3 is 2.29 bits per heavy atom. The molecule has 2 N–H and O–H groups in total. The first-order valence-electron chi connectivity index (χ1n) is 8.94. The molecule has 130 valence electrons. The quantitative estimate of drug-likeness (QED) is 0.887. The molecule has 1 aromatic rings. The van der Waals surface area contributed by atoms with Gasteiger partial charge in [-0.25, -0.2) is 4.79 Å². The Kier molecular flexibility index (Phi) is 3.48. The van der Waals surface area contributed by atoms with E-state index in [1.54, 1.807) is 7.05 Å². The summed E-state index contributed by atoms with van der Waals surface area (Å²) in [5.74, 6) is 0.979. The number of rotatable bonds is 4. The molecule has 1 amide bonds. The smallest absolute Gasteiger partial charge is 0.339 e. The molecule has 4 saturated carbocycles. The second-order valence-electron chi connectivity index (χ2n) is 8.35. The van der Waals surface area contributed by atoms with Crippen LogP contribution >= 0.6 is 0 Å². The van der Waals surface area contributed by atoms with E-state index in [0.717, 1.165) is 17.8 Å². The van der Waals surface area contributed by atoms with Crippen molar-refractivity contribution in [3.05, 3.63) is 17.5 Å². The predicted molar refractivity (Wildman–Crippen MR) is 87.7 cm³/mol. The minimum atomic E-state index is -1.12. The van der Waals surface area contributed by atoms with Gasteiger partial charge < -0.3 is 10.4 Å². The van der Waals surface area contributed by atoms with E-state index in [4.69, 9.17) is 0 Å². The Morgan fingerprint density at radius 1 is 1.25 bits per heavy atom. The Labute approximate surface area is 141 Å². The average Bonchev–Trinajstić information content (AvgIpc) is 2.88. The summed E-state index contributed by atoms with van der Waals surface area (Å²) in [4.78, 5) is 24.0. The van der Waals surface area contributed by atoms with Crippen LogP contribution in [0.25, 0.3) is 0 Å². The Balaban J connectivity index is 1.53. The number of nitrogens with zero attached hydrogens (tertiary/aromatic N) is 2. The number of carbonyl (C=O) groups excluding carboxylic acids is 1. The van der Waals surface area contributed by atoms with Crippen LogP contribution < -0.4 is 5.32 Å². The fraction of sp³-hybridized carbons (Fsp3) is 0.722. The standard InChI is InChI=1S/C18H25N3O3/c1-10(18-6-11-3-12(7-18)5-13(4-11)8-18)19-16(22)15-14(17(23)24)9-21(2)20-15/h9-13H,3-8H2,1-2H3,(H,19,22)(H,23,24)/t10-,11?,12?,13?,18?/m0/s1. The van der Waals surface area contributed by atoms with E-state index in [1.807, 2.05) is 0 Å². The van der Waals surface area contributed by atoms with Gasteiger partial charge in [-0.05, 0) is 68.6 Å². The molecule has 0 aliphatic heterocycles. The van der Waals surface area contributed by atoms with E-state index >= 15 is 0 Å². The van der Waals surface area contributed by atoms with Crippen molar-refractivity contribution in [3.63, 3.8) is 0 Å². The van der Waals surface area contributed by atoms with Gasteiger partial charge in [-0.15, -0.1) is 0 Å². The van der Waals surface area contributed by atoms with Gasteiger partial charge in [-0.3, -0.25) is 9.48 Å². The van der Waals surface area contributed by atoms with E-state index in [1.165, 1.54) is 49.4 Å². The van der Waals surface area contributed by atoms with Crippen molar-refractivity contribution in [2.24, 2.45) is 30.2 Å². The minimum Gasteiger partial charge on any atom is -0.478 e. The summed E-state index contributed by atoms with van der Waals surface area (Å²) in [6, 6.07) is 0.0575. The molecular formula is C18H25N3O3. The maximum Gasteiger partial charge on any atom is 0.339 e. The SMILES string of the molecule is C[C@H](NC(=O)c1nn(C)cc1C(=O)O)C12CC3CC(CC(C3)C1)C2. The third-order valence-electron chi connectivity index (χ3n) is 6.63. The van der Waals surface area contributed by atoms with Crippen LogP contribution in [-0.4, -0.2) is 32.8 Å². The van der Waals surface area contributed by atoms with Crippen molar-refractivity contribution in [3.8, 4) is 0 Å². The molecule has 1 heterocycles. The first-order valence-corrected chi connectivity index (χ1v) is 8.94. The number of aromatic nitrogens is 2. The second kappa shape index (κ2) is 5.33. The number of aryl methyl sites for hydroxylation is 1. The average molecular weight is 331 g/mol. The zero-order valence-corrected chi connectivity index (χ0v) is 14.3. The van der Waals surface area contributed by atoms with E-state index in [9.17, 15) is 14.7 Å². The summed E-state index contributed by atoms with van der Waals surface area (Å²) in [6.07, 6.45) is 9.08. The van der Waals surface area contributed by atoms with Crippen LogP contribution in [0.4, 0.5) is 0 Å². The van der Waals surface area contributed by atoms with E-state index in [2.05, 4.69) is 17.3 Å². The van der Waals surface area contributed by atoms with Gasteiger partial charge >= 0.3 is 5.97 Å². The lowest BCUT2D eigenvalue weighted by atomic mass is 9.48. The molecule has 6 nitrogen and oxygen atoms in total. The summed E-state index contributed by atoms with van der Waals surface area (Å²) < 4.78 is 1.38. The van der Waals surface area contributed by atoms with E-state index in [-0.39, 0.29) is 28.6 Å². The fourth-order valence-electron chi connectivity index (χ4n) is 5.94. The minimum absolute atomic E-state index is 0.0154. The maximum absolute atomic E-state index is 12.6. The van der Waals surface area contributed by atoms with Crippen molar-refractivity contribution in [2.75, 3.05) is 0 Å². The number of hydrogen-bond donors (Lipinski definition) is 2. The zero-order valence-electron chi connectivity index (χ0n) is 14.3. The monoisotopic (exact) mass is 331 g/mol. The lowest BCUT2D eigenvalue weighted by molar-refractivity contribution is -0.0688. The van der Waals surface area contributed by atoms with Crippen molar-refractivity contribution in [2.45, 2.75) is 51.5 Å². The van der Waals surface area contributed by atoms with Crippen LogP contribution in [0.3, 0.4) is 0 Å². The molecular weight excluding hydrogens is 306 g/mol. The van der Waals surface area contributed by atoms with Crippen molar-refractivity contribution < 1.29 is 14.7 Å². The highest BCUT2D eigenvalue weighted by Crippen LogP contribution is 2.61. The second-order valence-corrected chi connectivity index (χ2v) is 8.35. The fourth-order valence-corrected chi connectivity index (χ4v) is 5.94. The Morgan fingerprint density at radius 2 is 1.79 bits per heavy atom. The predicted octanol–water partition coefficient (Wildman–Crippen LogP) is 2.45.